The lowest BCUT2D eigenvalue weighted by Gasteiger charge is -2.01. The molecule has 0 atom stereocenters. The van der Waals surface area contributed by atoms with Crippen LogP contribution < -0.4 is 0 Å². The van der Waals surface area contributed by atoms with E-state index < -0.39 is 0 Å². The number of aromatic nitrogens is 1. The number of nitrogens with zero attached hydrogens (tertiary/aromatic N) is 1. The van der Waals surface area contributed by atoms with E-state index in [9.17, 15) is 9.18 Å². The SMILES string of the molecule is O=Cc1ccc2c(F)ccc(Br)c2n1. The summed E-state index contributed by atoms with van der Waals surface area (Å²) < 4.78 is 13.9. The molecule has 2 aromatic rings. The predicted octanol–water partition coefficient (Wildman–Crippen LogP) is 2.95. The third-order valence-electron chi connectivity index (χ3n) is 1.90. The molecular weight excluding hydrogens is 249 g/mol. The Labute approximate surface area is 87.9 Å². The summed E-state index contributed by atoms with van der Waals surface area (Å²) in [5, 5.41) is 0.407. The van der Waals surface area contributed by atoms with Crippen LogP contribution in [0.2, 0.25) is 0 Å². The van der Waals surface area contributed by atoms with Crippen LogP contribution in [-0.2, 0) is 0 Å². The molecule has 14 heavy (non-hydrogen) atoms. The van der Waals surface area contributed by atoms with Gasteiger partial charge in [-0.1, -0.05) is 0 Å². The largest absolute Gasteiger partial charge is 0.296 e. The molecule has 0 fully saturated rings. The van der Waals surface area contributed by atoms with Gasteiger partial charge in [-0.25, -0.2) is 9.37 Å². The van der Waals surface area contributed by atoms with Crippen LogP contribution >= 0.6 is 15.9 Å². The van der Waals surface area contributed by atoms with Crippen molar-refractivity contribution in [2.75, 3.05) is 0 Å². The first-order valence-electron chi connectivity index (χ1n) is 3.92. The molecule has 4 heteroatoms. The fourth-order valence-corrected chi connectivity index (χ4v) is 1.66. The summed E-state index contributed by atoms with van der Waals surface area (Å²) in [5.41, 5.74) is 0.762. The number of carbonyl (C=O) groups is 1. The summed E-state index contributed by atoms with van der Waals surface area (Å²) in [5.74, 6) is -0.340. The van der Waals surface area contributed by atoms with Crippen molar-refractivity contribution in [2.24, 2.45) is 0 Å². The number of pyridine rings is 1. The van der Waals surface area contributed by atoms with E-state index in [1.807, 2.05) is 0 Å². The highest BCUT2D eigenvalue weighted by Gasteiger charge is 2.05. The van der Waals surface area contributed by atoms with Gasteiger partial charge >= 0.3 is 0 Å². The van der Waals surface area contributed by atoms with Gasteiger partial charge in [-0.15, -0.1) is 0 Å². The molecule has 0 aliphatic rings. The quantitative estimate of drug-likeness (QED) is 0.732. The molecule has 1 aromatic carbocycles. The highest BCUT2D eigenvalue weighted by Crippen LogP contribution is 2.24. The van der Waals surface area contributed by atoms with Crippen molar-refractivity contribution in [1.29, 1.82) is 0 Å². The number of rotatable bonds is 1. The first-order valence-corrected chi connectivity index (χ1v) is 4.71. The number of fused-ring (bicyclic) bond motifs is 1. The van der Waals surface area contributed by atoms with Crippen LogP contribution in [0, 0.1) is 5.82 Å². The molecule has 0 bridgehead atoms. The summed E-state index contributed by atoms with van der Waals surface area (Å²) in [6.07, 6.45) is 0.636. The first-order chi connectivity index (χ1) is 6.72. The Balaban J connectivity index is 2.86. The van der Waals surface area contributed by atoms with Gasteiger partial charge < -0.3 is 0 Å². The fraction of sp³-hybridized carbons (Fsp3) is 0. The predicted molar refractivity (Wildman–Crippen MR) is 54.8 cm³/mol. The summed E-state index contributed by atoms with van der Waals surface area (Å²) in [7, 11) is 0. The molecule has 0 aliphatic carbocycles. The number of hydrogen-bond acceptors (Lipinski definition) is 2. The van der Waals surface area contributed by atoms with Crippen LogP contribution in [0.25, 0.3) is 10.9 Å². The van der Waals surface area contributed by atoms with Crippen molar-refractivity contribution >= 4 is 33.1 Å². The van der Waals surface area contributed by atoms with E-state index in [-0.39, 0.29) is 5.82 Å². The zero-order valence-corrected chi connectivity index (χ0v) is 8.58. The standard InChI is InChI=1S/C10H5BrFNO/c11-8-3-4-9(12)7-2-1-6(5-14)13-10(7)8/h1-5H. The average molecular weight is 254 g/mol. The molecule has 0 saturated heterocycles. The van der Waals surface area contributed by atoms with Gasteiger partial charge in [-0.05, 0) is 40.2 Å². The Morgan fingerprint density at radius 2 is 2.07 bits per heavy atom. The Morgan fingerprint density at radius 1 is 1.29 bits per heavy atom. The molecule has 1 aromatic heterocycles. The van der Waals surface area contributed by atoms with Crippen LogP contribution in [0.4, 0.5) is 4.39 Å². The minimum Gasteiger partial charge on any atom is -0.296 e. The number of benzene rings is 1. The summed E-state index contributed by atoms with van der Waals surface area (Å²) >= 11 is 3.25. The molecular formula is C10H5BrFNO. The lowest BCUT2D eigenvalue weighted by Crippen LogP contribution is -1.90. The minimum atomic E-state index is -0.340. The lowest BCUT2D eigenvalue weighted by molar-refractivity contribution is 0.111. The van der Waals surface area contributed by atoms with E-state index in [0.29, 0.717) is 27.4 Å². The monoisotopic (exact) mass is 253 g/mol. The van der Waals surface area contributed by atoms with E-state index >= 15 is 0 Å². The molecule has 2 rings (SSSR count). The van der Waals surface area contributed by atoms with Crippen molar-refractivity contribution in [3.63, 3.8) is 0 Å². The maximum absolute atomic E-state index is 13.3. The first kappa shape index (κ1) is 9.27. The molecule has 0 aliphatic heterocycles. The second kappa shape index (κ2) is 3.46. The molecule has 0 radical (unpaired) electrons. The van der Waals surface area contributed by atoms with Crippen molar-refractivity contribution in [1.82, 2.24) is 4.98 Å². The van der Waals surface area contributed by atoms with E-state index in [4.69, 9.17) is 0 Å². The smallest absolute Gasteiger partial charge is 0.168 e. The third-order valence-corrected chi connectivity index (χ3v) is 2.54. The van der Waals surface area contributed by atoms with E-state index in [2.05, 4.69) is 20.9 Å². The van der Waals surface area contributed by atoms with E-state index in [1.54, 1.807) is 12.1 Å². The zero-order chi connectivity index (χ0) is 10.1. The van der Waals surface area contributed by atoms with Gasteiger partial charge in [0.1, 0.15) is 11.5 Å². The van der Waals surface area contributed by atoms with Gasteiger partial charge in [0.05, 0.1) is 5.52 Å². The van der Waals surface area contributed by atoms with Gasteiger partial charge in [0.2, 0.25) is 0 Å². The van der Waals surface area contributed by atoms with Crippen LogP contribution in [0.15, 0.2) is 28.7 Å². The molecule has 0 spiro atoms. The topological polar surface area (TPSA) is 30.0 Å². The normalized spacial score (nSPS) is 10.4. The highest BCUT2D eigenvalue weighted by atomic mass is 79.9. The molecule has 70 valence electrons. The molecule has 0 saturated carbocycles. The Bertz CT molecular complexity index is 513. The molecule has 1 heterocycles. The lowest BCUT2D eigenvalue weighted by atomic mass is 10.2. The molecule has 0 unspecified atom stereocenters. The van der Waals surface area contributed by atoms with Gasteiger partial charge in [-0.3, -0.25) is 4.79 Å². The van der Waals surface area contributed by atoms with Crippen LogP contribution in [0.3, 0.4) is 0 Å². The molecule has 2 nitrogen and oxygen atoms in total. The van der Waals surface area contributed by atoms with Crippen LogP contribution in [-0.4, -0.2) is 11.3 Å². The van der Waals surface area contributed by atoms with Gasteiger partial charge in [-0.2, -0.15) is 0 Å². The Morgan fingerprint density at radius 3 is 2.79 bits per heavy atom. The summed E-state index contributed by atoms with van der Waals surface area (Å²) in [4.78, 5) is 14.5. The van der Waals surface area contributed by atoms with E-state index in [0.717, 1.165) is 0 Å². The minimum absolute atomic E-state index is 0.295. The maximum Gasteiger partial charge on any atom is 0.168 e. The molecule has 0 N–H and O–H groups in total. The van der Waals surface area contributed by atoms with Crippen molar-refractivity contribution in [2.45, 2.75) is 0 Å². The van der Waals surface area contributed by atoms with Gasteiger partial charge in [0, 0.05) is 9.86 Å². The van der Waals surface area contributed by atoms with Gasteiger partial charge in [0.25, 0.3) is 0 Å². The Hall–Kier alpha value is -1.29. The van der Waals surface area contributed by atoms with E-state index in [1.165, 1.54) is 12.1 Å². The number of halogens is 2. The maximum atomic E-state index is 13.3. The zero-order valence-electron chi connectivity index (χ0n) is 7.00. The molecule has 0 amide bonds. The second-order valence-corrected chi connectivity index (χ2v) is 3.63. The van der Waals surface area contributed by atoms with Crippen LogP contribution in [0.1, 0.15) is 10.5 Å². The number of aldehydes is 1. The van der Waals surface area contributed by atoms with Crippen molar-refractivity contribution in [3.05, 3.63) is 40.2 Å². The average Bonchev–Trinajstić information content (AvgIpc) is 2.23. The van der Waals surface area contributed by atoms with Crippen molar-refractivity contribution < 1.29 is 9.18 Å². The third kappa shape index (κ3) is 1.42. The highest BCUT2D eigenvalue weighted by molar-refractivity contribution is 9.10. The second-order valence-electron chi connectivity index (χ2n) is 2.78. The number of carbonyl (C=O) groups excluding carboxylic acids is 1. The Kier molecular flexibility index (Phi) is 2.29. The van der Waals surface area contributed by atoms with Crippen LogP contribution in [0.5, 0.6) is 0 Å². The summed E-state index contributed by atoms with van der Waals surface area (Å²) in [6.45, 7) is 0. The fourth-order valence-electron chi connectivity index (χ4n) is 1.23. The number of hydrogen-bond donors (Lipinski definition) is 0. The van der Waals surface area contributed by atoms with Gasteiger partial charge in [0.15, 0.2) is 6.29 Å². The summed E-state index contributed by atoms with van der Waals surface area (Å²) in [6, 6.07) is 5.96. The van der Waals surface area contributed by atoms with Crippen molar-refractivity contribution in [3.8, 4) is 0 Å².